The van der Waals surface area contributed by atoms with Gasteiger partial charge in [0.15, 0.2) is 0 Å². The molecule has 1 atom stereocenters. The van der Waals surface area contributed by atoms with Crippen molar-refractivity contribution in [1.29, 1.82) is 0 Å². The Balaban J connectivity index is 1.86. The number of carbonyl (C=O) groups is 1. The van der Waals surface area contributed by atoms with E-state index in [1.54, 1.807) is 0 Å². The van der Waals surface area contributed by atoms with Gasteiger partial charge in [-0.2, -0.15) is 0 Å². The lowest BCUT2D eigenvalue weighted by Crippen LogP contribution is -2.37. The zero-order valence-electron chi connectivity index (χ0n) is 12.9. The summed E-state index contributed by atoms with van der Waals surface area (Å²) < 4.78 is 2.07. The summed E-state index contributed by atoms with van der Waals surface area (Å²) in [5, 5.41) is 17.9. The molecule has 0 bridgehead atoms. The molecular weight excluding hydrogens is 280 g/mol. The van der Waals surface area contributed by atoms with Crippen LogP contribution in [-0.4, -0.2) is 37.3 Å². The highest BCUT2D eigenvalue weighted by Crippen LogP contribution is 2.29. The summed E-state index contributed by atoms with van der Waals surface area (Å²) in [6, 6.07) is 7.79. The number of hydrogen-bond donors (Lipinski definition) is 1. The van der Waals surface area contributed by atoms with Gasteiger partial charge in [-0.15, -0.1) is 10.2 Å². The standard InChI is InChI=1S/C16H20N4O2/c1-3-20-11(2)17-18-15(20)10-19-8-12-6-4-5-7-13(12)14(9-19)16(21)22/h4-7,14H,3,8-10H2,1-2H3,(H,21,22). The van der Waals surface area contributed by atoms with Gasteiger partial charge in [0.05, 0.1) is 12.5 Å². The summed E-state index contributed by atoms with van der Waals surface area (Å²) in [4.78, 5) is 13.7. The molecule has 2 heterocycles. The number of aryl methyl sites for hydroxylation is 1. The van der Waals surface area contributed by atoms with Gasteiger partial charge in [-0.25, -0.2) is 0 Å². The van der Waals surface area contributed by atoms with Crippen molar-refractivity contribution in [3.05, 3.63) is 47.0 Å². The fraction of sp³-hybridized carbons (Fsp3) is 0.438. The summed E-state index contributed by atoms with van der Waals surface area (Å²) in [7, 11) is 0. The number of benzene rings is 1. The van der Waals surface area contributed by atoms with Gasteiger partial charge in [0, 0.05) is 19.6 Å². The Hall–Kier alpha value is -2.21. The number of hydrogen-bond acceptors (Lipinski definition) is 4. The van der Waals surface area contributed by atoms with Crippen LogP contribution >= 0.6 is 0 Å². The predicted octanol–water partition coefficient (Wildman–Crippen LogP) is 1.79. The predicted molar refractivity (Wildman–Crippen MR) is 81.4 cm³/mol. The summed E-state index contributed by atoms with van der Waals surface area (Å²) in [6.45, 7) is 6.68. The second-order valence-corrected chi connectivity index (χ2v) is 5.67. The Morgan fingerprint density at radius 3 is 2.86 bits per heavy atom. The molecule has 0 saturated carbocycles. The molecule has 0 fully saturated rings. The van der Waals surface area contributed by atoms with Crippen molar-refractivity contribution in [2.45, 2.75) is 39.4 Å². The Morgan fingerprint density at radius 1 is 1.36 bits per heavy atom. The lowest BCUT2D eigenvalue weighted by Gasteiger charge is -2.32. The molecule has 22 heavy (non-hydrogen) atoms. The normalized spacial score (nSPS) is 18.2. The molecule has 2 aromatic rings. The summed E-state index contributed by atoms with van der Waals surface area (Å²) in [6.07, 6.45) is 0. The molecule has 1 aromatic carbocycles. The van der Waals surface area contributed by atoms with Crippen LogP contribution < -0.4 is 0 Å². The summed E-state index contributed by atoms with van der Waals surface area (Å²) in [5.74, 6) is 0.530. The molecular formula is C16H20N4O2. The molecule has 1 unspecified atom stereocenters. The van der Waals surface area contributed by atoms with E-state index >= 15 is 0 Å². The molecule has 116 valence electrons. The maximum Gasteiger partial charge on any atom is 0.312 e. The van der Waals surface area contributed by atoms with Gasteiger partial charge in [-0.1, -0.05) is 24.3 Å². The smallest absolute Gasteiger partial charge is 0.312 e. The summed E-state index contributed by atoms with van der Waals surface area (Å²) in [5.41, 5.74) is 2.01. The molecule has 0 aliphatic carbocycles. The summed E-state index contributed by atoms with van der Waals surface area (Å²) >= 11 is 0. The minimum atomic E-state index is -0.773. The maximum absolute atomic E-state index is 11.6. The minimum Gasteiger partial charge on any atom is -0.481 e. The van der Waals surface area contributed by atoms with E-state index in [4.69, 9.17) is 0 Å². The molecule has 6 heteroatoms. The van der Waals surface area contributed by atoms with E-state index in [9.17, 15) is 9.90 Å². The van der Waals surface area contributed by atoms with E-state index in [1.165, 1.54) is 0 Å². The molecule has 1 aliphatic rings. The van der Waals surface area contributed by atoms with Crippen molar-refractivity contribution in [3.63, 3.8) is 0 Å². The highest BCUT2D eigenvalue weighted by atomic mass is 16.4. The fourth-order valence-corrected chi connectivity index (χ4v) is 3.16. The first kappa shape index (κ1) is 14.7. The van der Waals surface area contributed by atoms with Crippen LogP contribution in [-0.2, 0) is 24.4 Å². The number of fused-ring (bicyclic) bond motifs is 1. The topological polar surface area (TPSA) is 71.2 Å². The van der Waals surface area contributed by atoms with Gasteiger partial charge in [-0.05, 0) is 25.0 Å². The number of carboxylic acids is 1. The van der Waals surface area contributed by atoms with Crippen LogP contribution in [0.15, 0.2) is 24.3 Å². The van der Waals surface area contributed by atoms with Crippen LogP contribution in [0.25, 0.3) is 0 Å². The Kier molecular flexibility index (Phi) is 3.94. The van der Waals surface area contributed by atoms with Crippen molar-refractivity contribution < 1.29 is 9.90 Å². The Labute approximate surface area is 129 Å². The fourth-order valence-electron chi connectivity index (χ4n) is 3.16. The molecule has 1 N–H and O–H groups in total. The third-order valence-electron chi connectivity index (χ3n) is 4.26. The first-order valence-corrected chi connectivity index (χ1v) is 7.51. The van der Waals surface area contributed by atoms with Gasteiger partial charge in [0.2, 0.25) is 0 Å². The maximum atomic E-state index is 11.6. The van der Waals surface area contributed by atoms with E-state index in [2.05, 4.69) is 26.6 Å². The van der Waals surface area contributed by atoms with Gasteiger partial charge < -0.3 is 9.67 Å². The zero-order valence-corrected chi connectivity index (χ0v) is 12.9. The highest BCUT2D eigenvalue weighted by Gasteiger charge is 2.30. The van der Waals surface area contributed by atoms with Crippen LogP contribution in [0.2, 0.25) is 0 Å². The SMILES string of the molecule is CCn1c(C)nnc1CN1Cc2ccccc2C(C(=O)O)C1. The van der Waals surface area contributed by atoms with Crippen molar-refractivity contribution in [3.8, 4) is 0 Å². The van der Waals surface area contributed by atoms with E-state index in [1.807, 2.05) is 31.2 Å². The molecule has 1 aliphatic heterocycles. The van der Waals surface area contributed by atoms with E-state index in [-0.39, 0.29) is 0 Å². The van der Waals surface area contributed by atoms with Crippen molar-refractivity contribution in [2.75, 3.05) is 6.54 Å². The first-order valence-electron chi connectivity index (χ1n) is 7.51. The monoisotopic (exact) mass is 300 g/mol. The van der Waals surface area contributed by atoms with Crippen LogP contribution in [0.1, 0.15) is 35.6 Å². The number of carboxylic acid groups (broad SMARTS) is 1. The third-order valence-corrected chi connectivity index (χ3v) is 4.26. The molecule has 0 saturated heterocycles. The first-order chi connectivity index (χ1) is 10.6. The van der Waals surface area contributed by atoms with Gasteiger partial charge in [0.1, 0.15) is 11.6 Å². The number of nitrogens with zero attached hydrogens (tertiary/aromatic N) is 4. The van der Waals surface area contributed by atoms with Crippen LogP contribution in [0.5, 0.6) is 0 Å². The van der Waals surface area contributed by atoms with Crippen LogP contribution in [0.3, 0.4) is 0 Å². The molecule has 6 nitrogen and oxygen atoms in total. The third kappa shape index (κ3) is 2.62. The van der Waals surface area contributed by atoms with E-state index in [0.29, 0.717) is 13.1 Å². The lowest BCUT2D eigenvalue weighted by atomic mass is 9.90. The highest BCUT2D eigenvalue weighted by molar-refractivity contribution is 5.77. The largest absolute Gasteiger partial charge is 0.481 e. The Morgan fingerprint density at radius 2 is 2.14 bits per heavy atom. The van der Waals surface area contributed by atoms with E-state index < -0.39 is 11.9 Å². The molecule has 0 spiro atoms. The molecule has 0 radical (unpaired) electrons. The van der Waals surface area contributed by atoms with Gasteiger partial charge in [0.25, 0.3) is 0 Å². The average Bonchev–Trinajstić information content (AvgIpc) is 2.86. The zero-order chi connectivity index (χ0) is 15.7. The number of aromatic nitrogens is 3. The van der Waals surface area contributed by atoms with E-state index in [0.717, 1.165) is 35.9 Å². The lowest BCUT2D eigenvalue weighted by molar-refractivity contribution is -0.139. The molecule has 1 aromatic heterocycles. The molecule has 0 amide bonds. The van der Waals surface area contributed by atoms with Crippen LogP contribution in [0.4, 0.5) is 0 Å². The quantitative estimate of drug-likeness (QED) is 0.932. The van der Waals surface area contributed by atoms with Gasteiger partial charge >= 0.3 is 5.97 Å². The molecule has 3 rings (SSSR count). The van der Waals surface area contributed by atoms with Crippen molar-refractivity contribution in [1.82, 2.24) is 19.7 Å². The Bertz CT molecular complexity index is 695. The average molecular weight is 300 g/mol. The number of aliphatic carboxylic acids is 1. The van der Waals surface area contributed by atoms with Gasteiger partial charge in [-0.3, -0.25) is 9.69 Å². The second kappa shape index (κ2) is 5.88. The number of rotatable bonds is 4. The van der Waals surface area contributed by atoms with Crippen molar-refractivity contribution in [2.24, 2.45) is 0 Å². The second-order valence-electron chi connectivity index (χ2n) is 5.67. The van der Waals surface area contributed by atoms with Crippen molar-refractivity contribution >= 4 is 5.97 Å². The van der Waals surface area contributed by atoms with Crippen LogP contribution in [0, 0.1) is 6.92 Å². The minimum absolute atomic E-state index is 0.482.